The summed E-state index contributed by atoms with van der Waals surface area (Å²) in [6.45, 7) is 11.3. The van der Waals surface area contributed by atoms with Crippen LogP contribution >= 0.6 is 0 Å². The van der Waals surface area contributed by atoms with E-state index in [2.05, 4.69) is 30.6 Å². The second kappa shape index (κ2) is 8.91. The average molecular weight is 418 g/mol. The summed E-state index contributed by atoms with van der Waals surface area (Å²) in [6, 6.07) is 0.862. The van der Waals surface area contributed by atoms with Crippen molar-refractivity contribution in [2.75, 3.05) is 32.7 Å². The van der Waals surface area contributed by atoms with Gasteiger partial charge in [0.2, 0.25) is 0 Å². The van der Waals surface area contributed by atoms with E-state index >= 15 is 0 Å². The van der Waals surface area contributed by atoms with Gasteiger partial charge >= 0.3 is 5.97 Å². The van der Waals surface area contributed by atoms with Crippen LogP contribution in [0.15, 0.2) is 23.5 Å². The van der Waals surface area contributed by atoms with E-state index in [1.165, 1.54) is 50.9 Å². The molecule has 0 atom stereocenters. The van der Waals surface area contributed by atoms with Crippen LogP contribution in [0.1, 0.15) is 65.7 Å². The number of ether oxygens (including phenoxy) is 1. The van der Waals surface area contributed by atoms with Crippen molar-refractivity contribution >= 4 is 5.97 Å². The molecule has 2 saturated heterocycles. The van der Waals surface area contributed by atoms with Gasteiger partial charge in [-0.05, 0) is 71.4 Å². The van der Waals surface area contributed by atoms with Crippen LogP contribution in [0.5, 0.6) is 0 Å². The molecule has 3 fully saturated rings. The summed E-state index contributed by atoms with van der Waals surface area (Å²) in [5.41, 5.74) is 1.39. The SMILES string of the molecule is CC(C)(C)N1CC(N2CCC(OC3CCN(C4CCC4)CC3)CC2)=CC=C1C(=O)O. The number of allylic oxidation sites excluding steroid dienone is 2. The summed E-state index contributed by atoms with van der Waals surface area (Å²) >= 11 is 0. The lowest BCUT2D eigenvalue weighted by molar-refractivity contribution is -0.135. The maximum absolute atomic E-state index is 11.6. The lowest BCUT2D eigenvalue weighted by atomic mass is 9.89. The predicted molar refractivity (Wildman–Crippen MR) is 118 cm³/mol. The second-order valence-corrected chi connectivity index (χ2v) is 10.4. The summed E-state index contributed by atoms with van der Waals surface area (Å²) in [4.78, 5) is 18.7. The molecule has 4 rings (SSSR count). The minimum Gasteiger partial charge on any atom is -0.477 e. The van der Waals surface area contributed by atoms with E-state index in [1.807, 2.05) is 11.0 Å². The van der Waals surface area contributed by atoms with E-state index < -0.39 is 5.97 Å². The third kappa shape index (κ3) is 4.86. The summed E-state index contributed by atoms with van der Waals surface area (Å²) < 4.78 is 6.50. The number of carbonyl (C=O) groups is 1. The molecule has 3 heterocycles. The van der Waals surface area contributed by atoms with Crippen molar-refractivity contribution < 1.29 is 14.6 Å². The number of likely N-dealkylation sites (tertiary alicyclic amines) is 2. The van der Waals surface area contributed by atoms with Gasteiger partial charge in [0.05, 0.1) is 18.8 Å². The maximum atomic E-state index is 11.6. The number of rotatable bonds is 5. The molecule has 6 heteroatoms. The first kappa shape index (κ1) is 21.7. The largest absolute Gasteiger partial charge is 0.477 e. The first-order valence-corrected chi connectivity index (χ1v) is 11.9. The lowest BCUT2D eigenvalue weighted by Crippen LogP contribution is -2.49. The fourth-order valence-corrected chi connectivity index (χ4v) is 5.24. The molecule has 0 amide bonds. The van der Waals surface area contributed by atoms with Crippen molar-refractivity contribution in [2.45, 2.75) is 89.5 Å². The van der Waals surface area contributed by atoms with E-state index in [4.69, 9.17) is 4.74 Å². The molecule has 0 aromatic carbocycles. The minimum absolute atomic E-state index is 0.223. The highest BCUT2D eigenvalue weighted by Crippen LogP contribution is 2.31. The van der Waals surface area contributed by atoms with Crippen LogP contribution in [0.3, 0.4) is 0 Å². The summed E-state index contributed by atoms with van der Waals surface area (Å²) in [5.74, 6) is -0.851. The second-order valence-electron chi connectivity index (χ2n) is 10.4. The Kier molecular flexibility index (Phi) is 6.44. The zero-order chi connectivity index (χ0) is 21.3. The van der Waals surface area contributed by atoms with Gasteiger partial charge in [-0.1, -0.05) is 6.42 Å². The Hall–Kier alpha value is -1.53. The van der Waals surface area contributed by atoms with Gasteiger partial charge in [-0.25, -0.2) is 4.79 Å². The maximum Gasteiger partial charge on any atom is 0.352 e. The minimum atomic E-state index is -0.851. The van der Waals surface area contributed by atoms with E-state index in [-0.39, 0.29) is 5.54 Å². The monoisotopic (exact) mass is 417 g/mol. The fraction of sp³-hybridized carbons (Fsp3) is 0.792. The van der Waals surface area contributed by atoms with Crippen LogP contribution in [0.25, 0.3) is 0 Å². The number of aliphatic carboxylic acids is 1. The van der Waals surface area contributed by atoms with Gasteiger partial charge in [-0.3, -0.25) is 0 Å². The first-order valence-electron chi connectivity index (χ1n) is 11.9. The summed E-state index contributed by atoms with van der Waals surface area (Å²) in [5, 5.41) is 9.55. The number of hydrogen-bond donors (Lipinski definition) is 1. The number of carboxylic acid groups (broad SMARTS) is 1. The Labute approximate surface area is 181 Å². The van der Waals surface area contributed by atoms with Crippen LogP contribution in [-0.2, 0) is 9.53 Å². The van der Waals surface area contributed by atoms with Crippen molar-refractivity contribution in [2.24, 2.45) is 0 Å². The number of carboxylic acids is 1. The summed E-state index contributed by atoms with van der Waals surface area (Å²) in [6.07, 6.45) is 13.3. The van der Waals surface area contributed by atoms with Crippen LogP contribution < -0.4 is 0 Å². The van der Waals surface area contributed by atoms with Crippen molar-refractivity contribution in [1.29, 1.82) is 0 Å². The normalized spacial score (nSPS) is 25.7. The van der Waals surface area contributed by atoms with Crippen LogP contribution in [0, 0.1) is 0 Å². The Morgan fingerprint density at radius 2 is 1.57 bits per heavy atom. The Morgan fingerprint density at radius 3 is 2.07 bits per heavy atom. The Balaban J connectivity index is 1.26. The molecule has 0 radical (unpaired) electrons. The fourth-order valence-electron chi connectivity index (χ4n) is 5.24. The molecule has 0 aromatic rings. The third-order valence-electron chi connectivity index (χ3n) is 7.37. The quantitative estimate of drug-likeness (QED) is 0.739. The van der Waals surface area contributed by atoms with Gasteiger partial charge < -0.3 is 24.5 Å². The Bertz CT molecular complexity index is 676. The Morgan fingerprint density at radius 1 is 0.967 bits per heavy atom. The summed E-state index contributed by atoms with van der Waals surface area (Å²) in [7, 11) is 0. The standard InChI is InChI=1S/C24H39N3O3/c1-24(2,3)27-17-19(7-8-22(27)23(28)29)26-15-11-21(12-16-26)30-20-9-13-25(14-10-20)18-5-4-6-18/h7-8,18,20-21H,4-6,9-17H2,1-3H3,(H,28,29). The van der Waals surface area contributed by atoms with E-state index in [9.17, 15) is 9.90 Å². The van der Waals surface area contributed by atoms with Gasteiger partial charge in [0.15, 0.2) is 0 Å². The smallest absolute Gasteiger partial charge is 0.352 e. The molecule has 168 valence electrons. The molecule has 4 aliphatic rings. The molecular weight excluding hydrogens is 378 g/mol. The molecule has 1 saturated carbocycles. The molecule has 0 unspecified atom stereocenters. The molecule has 0 bridgehead atoms. The van der Waals surface area contributed by atoms with Gasteiger partial charge in [-0.2, -0.15) is 0 Å². The molecule has 0 aromatic heterocycles. The predicted octanol–water partition coefficient (Wildman–Crippen LogP) is 3.45. The third-order valence-corrected chi connectivity index (χ3v) is 7.37. The van der Waals surface area contributed by atoms with Crippen molar-refractivity contribution in [3.63, 3.8) is 0 Å². The molecule has 3 aliphatic heterocycles. The molecule has 30 heavy (non-hydrogen) atoms. The highest BCUT2D eigenvalue weighted by Gasteiger charge is 2.33. The zero-order valence-electron chi connectivity index (χ0n) is 19.0. The van der Waals surface area contributed by atoms with Crippen molar-refractivity contribution in [1.82, 2.24) is 14.7 Å². The highest BCUT2D eigenvalue weighted by atomic mass is 16.5. The molecule has 0 spiro atoms. The van der Waals surface area contributed by atoms with Crippen LogP contribution in [0.2, 0.25) is 0 Å². The van der Waals surface area contributed by atoms with Gasteiger partial charge in [-0.15, -0.1) is 0 Å². The van der Waals surface area contributed by atoms with Crippen LogP contribution in [-0.4, -0.2) is 82.3 Å². The number of nitrogens with zero attached hydrogens (tertiary/aromatic N) is 3. The van der Waals surface area contributed by atoms with E-state index in [1.54, 1.807) is 6.08 Å². The van der Waals surface area contributed by atoms with E-state index in [0.29, 0.717) is 24.4 Å². The van der Waals surface area contributed by atoms with Crippen molar-refractivity contribution in [3.05, 3.63) is 23.5 Å². The van der Waals surface area contributed by atoms with E-state index in [0.717, 1.165) is 32.0 Å². The topological polar surface area (TPSA) is 56.2 Å². The molecule has 1 N–H and O–H groups in total. The first-order chi connectivity index (χ1) is 14.3. The molecule has 1 aliphatic carbocycles. The van der Waals surface area contributed by atoms with Gasteiger partial charge in [0, 0.05) is 43.5 Å². The highest BCUT2D eigenvalue weighted by molar-refractivity contribution is 5.86. The van der Waals surface area contributed by atoms with Gasteiger partial charge in [0.25, 0.3) is 0 Å². The van der Waals surface area contributed by atoms with Gasteiger partial charge in [0.1, 0.15) is 5.70 Å². The molecular formula is C24H39N3O3. The average Bonchev–Trinajstić information content (AvgIpc) is 2.67. The molecule has 6 nitrogen and oxygen atoms in total. The zero-order valence-corrected chi connectivity index (χ0v) is 19.0. The van der Waals surface area contributed by atoms with Crippen LogP contribution in [0.4, 0.5) is 0 Å². The number of hydrogen-bond acceptors (Lipinski definition) is 5. The lowest BCUT2D eigenvalue weighted by Gasteiger charge is -2.44. The van der Waals surface area contributed by atoms with Crippen molar-refractivity contribution in [3.8, 4) is 0 Å². The number of piperidine rings is 2.